The van der Waals surface area contributed by atoms with Gasteiger partial charge in [0, 0.05) is 19.0 Å². The SMILES string of the molecule is COCN(c1cc(Cl)cnc1C(=O)Nc1ccccc1)S(=O)(=O)c1ccc(Cl)c(C(F)(F)F)c1. The molecule has 7 nitrogen and oxygen atoms in total. The number of methoxy groups -OCH3 is 1. The van der Waals surface area contributed by atoms with Gasteiger partial charge in [0.15, 0.2) is 5.69 Å². The van der Waals surface area contributed by atoms with E-state index in [1.165, 1.54) is 7.11 Å². The fourth-order valence-corrected chi connectivity index (χ4v) is 4.68. The normalized spacial score (nSPS) is 11.8. The van der Waals surface area contributed by atoms with E-state index in [4.69, 9.17) is 27.9 Å². The summed E-state index contributed by atoms with van der Waals surface area (Å²) < 4.78 is 72.3. The van der Waals surface area contributed by atoms with Crippen LogP contribution in [0.3, 0.4) is 0 Å². The zero-order chi connectivity index (χ0) is 25.1. The number of carbonyl (C=O) groups excluding carboxylic acids is 1. The molecule has 1 amide bonds. The molecule has 0 aliphatic carbocycles. The molecule has 0 saturated heterocycles. The van der Waals surface area contributed by atoms with E-state index >= 15 is 0 Å². The molecule has 2 aromatic carbocycles. The lowest BCUT2D eigenvalue weighted by atomic mass is 10.2. The average molecular weight is 534 g/mol. The van der Waals surface area contributed by atoms with Crippen LogP contribution >= 0.6 is 23.2 Å². The highest BCUT2D eigenvalue weighted by atomic mass is 35.5. The van der Waals surface area contributed by atoms with Crippen LogP contribution in [0.2, 0.25) is 10.0 Å². The predicted octanol–water partition coefficient (Wildman–Crippen LogP) is 5.46. The molecule has 1 N–H and O–H groups in total. The summed E-state index contributed by atoms with van der Waals surface area (Å²) in [6.45, 7) is -0.653. The fraction of sp³-hybridized carbons (Fsp3) is 0.143. The van der Waals surface area contributed by atoms with E-state index in [1.807, 2.05) is 0 Å². The van der Waals surface area contributed by atoms with Crippen molar-refractivity contribution in [1.29, 1.82) is 0 Å². The third kappa shape index (κ3) is 5.61. The lowest BCUT2D eigenvalue weighted by Gasteiger charge is -2.25. The highest BCUT2D eigenvalue weighted by molar-refractivity contribution is 7.92. The molecule has 3 rings (SSSR count). The number of aromatic nitrogens is 1. The number of rotatable bonds is 7. The van der Waals surface area contributed by atoms with Gasteiger partial charge in [0.05, 0.1) is 26.2 Å². The van der Waals surface area contributed by atoms with Gasteiger partial charge in [0.1, 0.15) is 6.73 Å². The summed E-state index contributed by atoms with van der Waals surface area (Å²) in [5.74, 6) is -0.777. The molecule has 0 bridgehead atoms. The molecule has 3 aromatic rings. The van der Waals surface area contributed by atoms with Gasteiger partial charge in [-0.2, -0.15) is 13.2 Å². The summed E-state index contributed by atoms with van der Waals surface area (Å²) in [6.07, 6.45) is -3.76. The number of nitrogens with one attached hydrogen (secondary N) is 1. The summed E-state index contributed by atoms with van der Waals surface area (Å²) in [6, 6.07) is 11.6. The first kappa shape index (κ1) is 25.8. The minimum Gasteiger partial charge on any atom is -0.363 e. The monoisotopic (exact) mass is 533 g/mol. The van der Waals surface area contributed by atoms with Crippen molar-refractivity contribution in [1.82, 2.24) is 4.98 Å². The van der Waals surface area contributed by atoms with Gasteiger partial charge in [-0.05, 0) is 36.4 Å². The van der Waals surface area contributed by atoms with Gasteiger partial charge in [-0.3, -0.25) is 4.79 Å². The molecule has 180 valence electrons. The molecule has 0 saturated carbocycles. The molecule has 0 aliphatic rings. The quantitative estimate of drug-likeness (QED) is 0.407. The first-order chi connectivity index (χ1) is 15.9. The number of para-hydroxylation sites is 1. The Bertz CT molecular complexity index is 1310. The van der Waals surface area contributed by atoms with Gasteiger partial charge < -0.3 is 10.1 Å². The molecule has 0 unspecified atom stereocenters. The van der Waals surface area contributed by atoms with Crippen LogP contribution in [-0.4, -0.2) is 33.1 Å². The van der Waals surface area contributed by atoms with Gasteiger partial charge in [-0.25, -0.2) is 17.7 Å². The molecule has 13 heteroatoms. The number of ether oxygens (including phenoxy) is 1. The van der Waals surface area contributed by atoms with Gasteiger partial charge in [0.2, 0.25) is 0 Å². The zero-order valence-electron chi connectivity index (χ0n) is 17.3. The minimum atomic E-state index is -4.90. The first-order valence-corrected chi connectivity index (χ1v) is 11.5. The second-order valence-electron chi connectivity index (χ2n) is 6.75. The standard InChI is InChI=1S/C21H16Cl2F3N3O4S/c1-33-12-29(34(31,32)15-7-8-17(23)16(10-15)21(24,25)26)18-9-13(22)11-27-19(18)20(30)28-14-5-3-2-4-6-14/h2-11H,12H2,1H3,(H,28,30). The summed E-state index contributed by atoms with van der Waals surface area (Å²) in [5.41, 5.74) is -1.58. The Labute approximate surface area is 203 Å². The van der Waals surface area contributed by atoms with E-state index in [2.05, 4.69) is 10.3 Å². The summed E-state index contributed by atoms with van der Waals surface area (Å²) in [4.78, 5) is 16.1. The Morgan fingerprint density at radius 1 is 1.12 bits per heavy atom. The number of anilines is 2. The molecule has 0 atom stereocenters. The van der Waals surface area contributed by atoms with Gasteiger partial charge in [-0.1, -0.05) is 41.4 Å². The summed E-state index contributed by atoms with van der Waals surface area (Å²) in [7, 11) is -3.52. The molecule has 0 aliphatic heterocycles. The Kier molecular flexibility index (Phi) is 7.71. The van der Waals surface area contributed by atoms with Crippen LogP contribution in [0.15, 0.2) is 65.7 Å². The molecule has 34 heavy (non-hydrogen) atoms. The van der Waals surface area contributed by atoms with E-state index < -0.39 is 44.3 Å². The third-order valence-electron chi connectivity index (χ3n) is 4.43. The minimum absolute atomic E-state index is 0.0188. The Hall–Kier alpha value is -2.86. The number of carbonyl (C=O) groups is 1. The van der Waals surface area contributed by atoms with E-state index in [0.29, 0.717) is 16.1 Å². The van der Waals surface area contributed by atoms with Gasteiger partial charge >= 0.3 is 6.18 Å². The maximum atomic E-state index is 13.4. The van der Waals surface area contributed by atoms with E-state index in [1.54, 1.807) is 30.3 Å². The van der Waals surface area contributed by atoms with Crippen molar-refractivity contribution in [3.05, 3.63) is 82.1 Å². The van der Waals surface area contributed by atoms with Crippen LogP contribution in [0.25, 0.3) is 0 Å². The highest BCUT2D eigenvalue weighted by Crippen LogP contribution is 2.37. The second kappa shape index (κ2) is 10.2. The van der Waals surface area contributed by atoms with Crippen molar-refractivity contribution >= 4 is 50.5 Å². The van der Waals surface area contributed by atoms with Crippen LogP contribution < -0.4 is 9.62 Å². The number of hydrogen-bond donors (Lipinski definition) is 1. The number of alkyl halides is 3. The van der Waals surface area contributed by atoms with Crippen molar-refractivity contribution < 1.29 is 31.1 Å². The number of nitrogens with zero attached hydrogens (tertiary/aromatic N) is 2. The second-order valence-corrected chi connectivity index (χ2v) is 9.46. The third-order valence-corrected chi connectivity index (χ3v) is 6.70. The molecule has 0 spiro atoms. The number of benzene rings is 2. The van der Waals surface area contributed by atoms with Gasteiger partial charge in [0.25, 0.3) is 15.9 Å². The Morgan fingerprint density at radius 2 is 1.79 bits per heavy atom. The number of halogens is 5. The van der Waals surface area contributed by atoms with Crippen LogP contribution in [0.1, 0.15) is 16.1 Å². The van der Waals surface area contributed by atoms with Gasteiger partial charge in [-0.15, -0.1) is 0 Å². The maximum Gasteiger partial charge on any atom is 0.417 e. The largest absolute Gasteiger partial charge is 0.417 e. The average Bonchev–Trinajstić information content (AvgIpc) is 2.77. The van der Waals surface area contributed by atoms with Crippen molar-refractivity contribution in [3.8, 4) is 0 Å². The maximum absolute atomic E-state index is 13.4. The van der Waals surface area contributed by atoms with Crippen molar-refractivity contribution in [3.63, 3.8) is 0 Å². The fourth-order valence-electron chi connectivity index (χ4n) is 2.90. The summed E-state index contributed by atoms with van der Waals surface area (Å²) >= 11 is 11.6. The molecular weight excluding hydrogens is 518 g/mol. The molecular formula is C21H16Cl2F3N3O4S. The molecule has 1 aromatic heterocycles. The predicted molar refractivity (Wildman–Crippen MR) is 122 cm³/mol. The smallest absolute Gasteiger partial charge is 0.363 e. The van der Waals surface area contributed by atoms with Crippen molar-refractivity contribution in [2.45, 2.75) is 11.1 Å². The lowest BCUT2D eigenvalue weighted by molar-refractivity contribution is -0.137. The van der Waals surface area contributed by atoms with Crippen LogP contribution in [0.5, 0.6) is 0 Å². The lowest BCUT2D eigenvalue weighted by Crippen LogP contribution is -2.35. The molecule has 0 radical (unpaired) electrons. The van der Waals surface area contributed by atoms with Crippen molar-refractivity contribution in [2.24, 2.45) is 0 Å². The van der Waals surface area contributed by atoms with Crippen molar-refractivity contribution in [2.75, 3.05) is 23.5 Å². The zero-order valence-corrected chi connectivity index (χ0v) is 19.6. The van der Waals surface area contributed by atoms with Crippen LogP contribution in [0.4, 0.5) is 24.5 Å². The summed E-state index contributed by atoms with van der Waals surface area (Å²) in [5, 5.41) is 1.88. The van der Waals surface area contributed by atoms with E-state index in [0.717, 1.165) is 24.4 Å². The molecule has 1 heterocycles. The number of sulfonamides is 1. The highest BCUT2D eigenvalue weighted by Gasteiger charge is 2.36. The number of hydrogen-bond acceptors (Lipinski definition) is 5. The number of pyridine rings is 1. The van der Waals surface area contributed by atoms with Crippen LogP contribution in [-0.2, 0) is 20.9 Å². The number of amides is 1. The van der Waals surface area contributed by atoms with E-state index in [-0.39, 0.29) is 16.4 Å². The van der Waals surface area contributed by atoms with Crippen LogP contribution in [0, 0.1) is 0 Å². The van der Waals surface area contributed by atoms with E-state index in [9.17, 15) is 26.4 Å². The Morgan fingerprint density at radius 3 is 2.41 bits per heavy atom. The molecule has 0 fully saturated rings. The first-order valence-electron chi connectivity index (χ1n) is 9.35. The topological polar surface area (TPSA) is 88.6 Å². The Balaban J connectivity index is 2.12.